The highest BCUT2D eigenvalue weighted by molar-refractivity contribution is 9.10. The van der Waals surface area contributed by atoms with Crippen LogP contribution in [-0.2, 0) is 4.79 Å². The maximum Gasteiger partial charge on any atom is 0.389 e. The molecular weight excluding hydrogens is 334 g/mol. The minimum absolute atomic E-state index is 0.359. The normalized spacial score (nSPS) is 11.4. The molecule has 0 saturated heterocycles. The van der Waals surface area contributed by atoms with Gasteiger partial charge in [-0.15, -0.1) is 0 Å². The molecule has 0 aliphatic carbocycles. The van der Waals surface area contributed by atoms with Gasteiger partial charge >= 0.3 is 6.18 Å². The summed E-state index contributed by atoms with van der Waals surface area (Å²) < 4.78 is 36.4. The Morgan fingerprint density at radius 2 is 2.06 bits per heavy atom. The van der Waals surface area contributed by atoms with Crippen LogP contribution in [0, 0.1) is 6.92 Å². The van der Waals surface area contributed by atoms with E-state index in [4.69, 9.17) is 11.6 Å². The molecular formula is C11H10BrClF3NO. The maximum absolute atomic E-state index is 11.9. The van der Waals surface area contributed by atoms with E-state index >= 15 is 0 Å². The number of carbonyl (C=O) groups excluding carboxylic acids is 1. The molecule has 1 aromatic carbocycles. The smallest absolute Gasteiger partial charge is 0.325 e. The number of aryl methyl sites for hydroxylation is 1. The predicted octanol–water partition coefficient (Wildman–Crippen LogP) is 4.69. The average Bonchev–Trinajstić information content (AvgIpc) is 2.22. The third-order valence-electron chi connectivity index (χ3n) is 2.16. The molecule has 0 atom stereocenters. The van der Waals surface area contributed by atoms with Gasteiger partial charge in [-0.3, -0.25) is 4.79 Å². The topological polar surface area (TPSA) is 29.1 Å². The first-order valence-corrected chi connectivity index (χ1v) is 6.18. The summed E-state index contributed by atoms with van der Waals surface area (Å²) in [6.07, 6.45) is -6.09. The summed E-state index contributed by atoms with van der Waals surface area (Å²) in [6, 6.07) is 3.17. The van der Waals surface area contributed by atoms with Crippen molar-refractivity contribution >= 4 is 39.1 Å². The molecule has 100 valence electrons. The molecule has 1 amide bonds. The van der Waals surface area contributed by atoms with Gasteiger partial charge in [0.15, 0.2) is 0 Å². The zero-order valence-corrected chi connectivity index (χ0v) is 11.7. The summed E-state index contributed by atoms with van der Waals surface area (Å²) >= 11 is 9.07. The number of benzene rings is 1. The van der Waals surface area contributed by atoms with Crippen molar-refractivity contribution in [3.8, 4) is 0 Å². The van der Waals surface area contributed by atoms with Crippen molar-refractivity contribution in [1.82, 2.24) is 0 Å². The second kappa shape index (κ2) is 5.93. The third-order valence-corrected chi connectivity index (χ3v) is 3.22. The highest BCUT2D eigenvalue weighted by Gasteiger charge is 2.27. The Balaban J connectivity index is 2.68. The van der Waals surface area contributed by atoms with Gasteiger partial charge < -0.3 is 5.32 Å². The number of rotatable bonds is 3. The van der Waals surface area contributed by atoms with Crippen LogP contribution in [0.2, 0.25) is 5.02 Å². The van der Waals surface area contributed by atoms with Gasteiger partial charge in [-0.2, -0.15) is 13.2 Å². The van der Waals surface area contributed by atoms with Gasteiger partial charge in [0.25, 0.3) is 0 Å². The van der Waals surface area contributed by atoms with Crippen molar-refractivity contribution in [2.75, 3.05) is 5.32 Å². The van der Waals surface area contributed by atoms with E-state index in [9.17, 15) is 18.0 Å². The highest BCUT2D eigenvalue weighted by Crippen LogP contribution is 2.29. The molecule has 0 fully saturated rings. The minimum atomic E-state index is -4.33. The molecule has 0 unspecified atom stereocenters. The van der Waals surface area contributed by atoms with Crippen LogP contribution in [0.1, 0.15) is 18.4 Å². The summed E-state index contributed by atoms with van der Waals surface area (Å²) in [6.45, 7) is 1.78. The molecule has 0 aromatic heterocycles. The summed E-state index contributed by atoms with van der Waals surface area (Å²) in [5.74, 6) is -0.701. The molecule has 0 saturated carbocycles. The zero-order chi connectivity index (χ0) is 13.9. The molecule has 0 radical (unpaired) electrons. The van der Waals surface area contributed by atoms with Crippen LogP contribution in [0.3, 0.4) is 0 Å². The Hall–Kier alpha value is -0.750. The molecule has 0 heterocycles. The fourth-order valence-corrected chi connectivity index (χ4v) is 1.93. The lowest BCUT2D eigenvalue weighted by Gasteiger charge is -2.10. The lowest BCUT2D eigenvalue weighted by molar-refractivity contribution is -0.142. The van der Waals surface area contributed by atoms with Crippen molar-refractivity contribution in [2.45, 2.75) is 25.9 Å². The monoisotopic (exact) mass is 343 g/mol. The van der Waals surface area contributed by atoms with E-state index in [2.05, 4.69) is 21.2 Å². The lowest BCUT2D eigenvalue weighted by Crippen LogP contribution is -2.16. The van der Waals surface area contributed by atoms with E-state index in [0.29, 0.717) is 15.2 Å². The summed E-state index contributed by atoms with van der Waals surface area (Å²) in [7, 11) is 0. The molecule has 0 aliphatic heterocycles. The largest absolute Gasteiger partial charge is 0.389 e. The third kappa shape index (κ3) is 4.86. The number of alkyl halides is 3. The van der Waals surface area contributed by atoms with Crippen LogP contribution in [0.4, 0.5) is 18.9 Å². The first-order chi connectivity index (χ1) is 8.19. The Kier molecular flexibility index (Phi) is 5.04. The van der Waals surface area contributed by atoms with Gasteiger partial charge in [0, 0.05) is 15.9 Å². The predicted molar refractivity (Wildman–Crippen MR) is 67.8 cm³/mol. The van der Waals surface area contributed by atoms with E-state index < -0.39 is 24.9 Å². The molecule has 18 heavy (non-hydrogen) atoms. The van der Waals surface area contributed by atoms with Crippen LogP contribution in [0.15, 0.2) is 16.6 Å². The van der Waals surface area contributed by atoms with E-state index in [0.717, 1.165) is 5.56 Å². The Labute approximate surface area is 116 Å². The van der Waals surface area contributed by atoms with Crippen LogP contribution >= 0.6 is 27.5 Å². The summed E-state index contributed by atoms with van der Waals surface area (Å²) in [5, 5.41) is 2.82. The molecule has 2 nitrogen and oxygen atoms in total. The van der Waals surface area contributed by atoms with Crippen molar-refractivity contribution in [3.05, 3.63) is 27.2 Å². The maximum atomic E-state index is 11.9. The molecule has 0 bridgehead atoms. The van der Waals surface area contributed by atoms with E-state index in [1.165, 1.54) is 6.07 Å². The number of anilines is 1. The van der Waals surface area contributed by atoms with E-state index in [1.54, 1.807) is 13.0 Å². The fourth-order valence-electron chi connectivity index (χ4n) is 1.21. The molecule has 1 rings (SSSR count). The van der Waals surface area contributed by atoms with Gasteiger partial charge in [-0.1, -0.05) is 11.6 Å². The minimum Gasteiger partial charge on any atom is -0.325 e. The quantitative estimate of drug-likeness (QED) is 0.846. The number of carbonyl (C=O) groups is 1. The number of nitrogens with one attached hydrogen (secondary N) is 1. The summed E-state index contributed by atoms with van der Waals surface area (Å²) in [5.41, 5.74) is 1.16. The lowest BCUT2D eigenvalue weighted by atomic mass is 10.2. The van der Waals surface area contributed by atoms with Crippen LogP contribution < -0.4 is 5.32 Å². The molecule has 1 aromatic rings. The van der Waals surface area contributed by atoms with Crippen LogP contribution in [-0.4, -0.2) is 12.1 Å². The molecule has 0 aliphatic rings. The van der Waals surface area contributed by atoms with Gasteiger partial charge in [-0.25, -0.2) is 0 Å². The first-order valence-electron chi connectivity index (χ1n) is 5.01. The number of amides is 1. The van der Waals surface area contributed by atoms with E-state index in [1.807, 2.05) is 0 Å². The zero-order valence-electron chi connectivity index (χ0n) is 9.37. The van der Waals surface area contributed by atoms with Gasteiger partial charge in [0.05, 0.1) is 12.1 Å². The van der Waals surface area contributed by atoms with Crippen molar-refractivity contribution in [2.24, 2.45) is 0 Å². The molecule has 7 heteroatoms. The van der Waals surface area contributed by atoms with Gasteiger partial charge in [-0.05, 0) is 40.5 Å². The van der Waals surface area contributed by atoms with Gasteiger partial charge in [0.2, 0.25) is 5.91 Å². The molecule has 0 spiro atoms. The van der Waals surface area contributed by atoms with Crippen molar-refractivity contribution in [1.29, 1.82) is 0 Å². The molecule has 1 N–H and O–H groups in total. The summed E-state index contributed by atoms with van der Waals surface area (Å²) in [4.78, 5) is 11.3. The second-order valence-corrected chi connectivity index (χ2v) is 5.01. The van der Waals surface area contributed by atoms with Crippen LogP contribution in [0.5, 0.6) is 0 Å². The standard InChI is InChI=1S/C11H10BrClF3NO/c1-6-4-7(12)9(5-8(6)13)17-10(18)2-3-11(14,15)16/h4-5H,2-3H2,1H3,(H,17,18). The van der Waals surface area contributed by atoms with Crippen molar-refractivity contribution in [3.63, 3.8) is 0 Å². The van der Waals surface area contributed by atoms with E-state index in [-0.39, 0.29) is 0 Å². The Bertz CT molecular complexity index is 462. The van der Waals surface area contributed by atoms with Crippen LogP contribution in [0.25, 0.3) is 0 Å². The van der Waals surface area contributed by atoms with Crippen molar-refractivity contribution < 1.29 is 18.0 Å². The first kappa shape index (κ1) is 15.3. The highest BCUT2D eigenvalue weighted by atomic mass is 79.9. The number of hydrogen-bond donors (Lipinski definition) is 1. The number of halogens is 5. The SMILES string of the molecule is Cc1cc(Br)c(NC(=O)CCC(F)(F)F)cc1Cl. The Morgan fingerprint density at radius 1 is 1.44 bits per heavy atom. The second-order valence-electron chi connectivity index (χ2n) is 3.74. The van der Waals surface area contributed by atoms with Gasteiger partial charge in [0.1, 0.15) is 0 Å². The Morgan fingerprint density at radius 3 is 2.61 bits per heavy atom. The number of hydrogen-bond acceptors (Lipinski definition) is 1. The fraction of sp³-hybridized carbons (Fsp3) is 0.364. The average molecular weight is 345 g/mol.